The van der Waals surface area contributed by atoms with Crippen LogP contribution in [0, 0.1) is 12.7 Å². The van der Waals surface area contributed by atoms with Crippen molar-refractivity contribution in [3.63, 3.8) is 0 Å². The van der Waals surface area contributed by atoms with Gasteiger partial charge in [0, 0.05) is 12.6 Å². The standard InChI is InChI=1S/C17H26FNO/c1-3-19-17(10-9-15-6-4-5-11-20-15)16-12-14(18)8-7-13(16)2/h7-8,12,15,17,19H,3-6,9-11H2,1-2H3. The van der Waals surface area contributed by atoms with Gasteiger partial charge in [-0.25, -0.2) is 4.39 Å². The monoisotopic (exact) mass is 279 g/mol. The first-order chi connectivity index (χ1) is 9.70. The predicted octanol–water partition coefficient (Wildman–Crippen LogP) is 4.13. The molecular weight excluding hydrogens is 253 g/mol. The molecule has 1 aromatic rings. The van der Waals surface area contributed by atoms with Crippen molar-refractivity contribution in [3.8, 4) is 0 Å². The van der Waals surface area contributed by atoms with E-state index in [0.717, 1.165) is 37.1 Å². The third kappa shape index (κ3) is 4.29. The molecule has 0 amide bonds. The van der Waals surface area contributed by atoms with Gasteiger partial charge in [0.25, 0.3) is 0 Å². The molecule has 112 valence electrons. The number of hydrogen-bond acceptors (Lipinski definition) is 2. The van der Waals surface area contributed by atoms with Gasteiger partial charge in [0.2, 0.25) is 0 Å². The molecule has 3 heteroatoms. The molecule has 1 N–H and O–H groups in total. The highest BCUT2D eigenvalue weighted by atomic mass is 19.1. The van der Waals surface area contributed by atoms with Crippen molar-refractivity contribution in [2.45, 2.75) is 58.1 Å². The first kappa shape index (κ1) is 15.5. The molecule has 2 nitrogen and oxygen atoms in total. The molecule has 0 aromatic heterocycles. The Morgan fingerprint density at radius 1 is 1.40 bits per heavy atom. The Kier molecular flexibility index (Phi) is 5.99. The summed E-state index contributed by atoms with van der Waals surface area (Å²) in [4.78, 5) is 0. The second-order valence-electron chi connectivity index (χ2n) is 5.68. The fourth-order valence-electron chi connectivity index (χ4n) is 2.99. The van der Waals surface area contributed by atoms with Crippen LogP contribution in [0.4, 0.5) is 4.39 Å². The lowest BCUT2D eigenvalue weighted by Crippen LogP contribution is -2.25. The molecule has 1 aliphatic heterocycles. The molecular formula is C17H26FNO. The van der Waals surface area contributed by atoms with E-state index < -0.39 is 0 Å². The Morgan fingerprint density at radius 2 is 2.25 bits per heavy atom. The summed E-state index contributed by atoms with van der Waals surface area (Å²) < 4.78 is 19.3. The Bertz CT molecular complexity index is 415. The summed E-state index contributed by atoms with van der Waals surface area (Å²) in [6.07, 6.45) is 6.07. The summed E-state index contributed by atoms with van der Waals surface area (Å²) in [6.45, 7) is 5.94. The third-order valence-electron chi connectivity index (χ3n) is 4.12. The summed E-state index contributed by atoms with van der Waals surface area (Å²) >= 11 is 0. The quantitative estimate of drug-likeness (QED) is 0.845. The summed E-state index contributed by atoms with van der Waals surface area (Å²) in [5.74, 6) is -0.151. The molecule has 2 rings (SSSR count). The minimum absolute atomic E-state index is 0.151. The van der Waals surface area contributed by atoms with Gasteiger partial charge in [0.05, 0.1) is 6.10 Å². The summed E-state index contributed by atoms with van der Waals surface area (Å²) in [7, 11) is 0. The largest absolute Gasteiger partial charge is 0.378 e. The number of aryl methyl sites for hydroxylation is 1. The smallest absolute Gasteiger partial charge is 0.123 e. The minimum atomic E-state index is -0.151. The third-order valence-corrected chi connectivity index (χ3v) is 4.12. The SMILES string of the molecule is CCNC(CCC1CCCCO1)c1cc(F)ccc1C. The lowest BCUT2D eigenvalue weighted by atomic mass is 9.94. The van der Waals surface area contributed by atoms with Gasteiger partial charge in [0.15, 0.2) is 0 Å². The van der Waals surface area contributed by atoms with Gasteiger partial charge in [-0.1, -0.05) is 13.0 Å². The fraction of sp³-hybridized carbons (Fsp3) is 0.647. The van der Waals surface area contributed by atoms with Crippen LogP contribution in [-0.4, -0.2) is 19.3 Å². The lowest BCUT2D eigenvalue weighted by Gasteiger charge is -2.26. The molecule has 1 aromatic carbocycles. The summed E-state index contributed by atoms with van der Waals surface area (Å²) in [5.41, 5.74) is 2.24. The van der Waals surface area contributed by atoms with Crippen LogP contribution >= 0.6 is 0 Å². The Morgan fingerprint density at radius 3 is 2.95 bits per heavy atom. The first-order valence-electron chi connectivity index (χ1n) is 7.81. The second kappa shape index (κ2) is 7.75. The van der Waals surface area contributed by atoms with E-state index in [1.54, 1.807) is 6.07 Å². The van der Waals surface area contributed by atoms with Crippen molar-refractivity contribution >= 4 is 0 Å². The number of nitrogens with one attached hydrogen (secondary N) is 1. The zero-order valence-electron chi connectivity index (χ0n) is 12.6. The van der Waals surface area contributed by atoms with Crippen molar-refractivity contribution < 1.29 is 9.13 Å². The van der Waals surface area contributed by atoms with Crippen molar-refractivity contribution in [1.82, 2.24) is 5.32 Å². The van der Waals surface area contributed by atoms with Crippen LogP contribution in [0.5, 0.6) is 0 Å². The Balaban J connectivity index is 2.00. The van der Waals surface area contributed by atoms with Crippen LogP contribution < -0.4 is 5.32 Å². The van der Waals surface area contributed by atoms with E-state index in [1.807, 2.05) is 6.07 Å². The summed E-state index contributed by atoms with van der Waals surface area (Å²) in [6, 6.07) is 5.30. The number of rotatable bonds is 6. The Labute approximate surface area is 121 Å². The van der Waals surface area contributed by atoms with Crippen LogP contribution in [0.2, 0.25) is 0 Å². The van der Waals surface area contributed by atoms with Crippen LogP contribution in [-0.2, 0) is 4.74 Å². The van der Waals surface area contributed by atoms with Gasteiger partial charge >= 0.3 is 0 Å². The average Bonchev–Trinajstić information content (AvgIpc) is 2.47. The normalized spacial score (nSPS) is 20.9. The number of halogens is 1. The van der Waals surface area contributed by atoms with Gasteiger partial charge in [-0.2, -0.15) is 0 Å². The van der Waals surface area contributed by atoms with Crippen molar-refractivity contribution in [2.75, 3.05) is 13.2 Å². The average molecular weight is 279 g/mol. The van der Waals surface area contributed by atoms with Crippen LogP contribution in [0.3, 0.4) is 0 Å². The highest BCUT2D eigenvalue weighted by Crippen LogP contribution is 2.26. The molecule has 2 unspecified atom stereocenters. The molecule has 0 saturated carbocycles. The maximum absolute atomic E-state index is 13.5. The second-order valence-corrected chi connectivity index (χ2v) is 5.68. The Hall–Kier alpha value is -0.930. The van der Waals surface area contributed by atoms with E-state index in [1.165, 1.54) is 25.3 Å². The van der Waals surface area contributed by atoms with Crippen LogP contribution in [0.1, 0.15) is 56.2 Å². The maximum atomic E-state index is 13.5. The summed E-state index contributed by atoms with van der Waals surface area (Å²) in [5, 5.41) is 3.48. The van der Waals surface area contributed by atoms with Gasteiger partial charge < -0.3 is 10.1 Å². The topological polar surface area (TPSA) is 21.3 Å². The van der Waals surface area contributed by atoms with Crippen molar-refractivity contribution in [2.24, 2.45) is 0 Å². The van der Waals surface area contributed by atoms with E-state index in [4.69, 9.17) is 4.74 Å². The van der Waals surface area contributed by atoms with Crippen LogP contribution in [0.25, 0.3) is 0 Å². The predicted molar refractivity (Wildman–Crippen MR) is 80.4 cm³/mol. The van der Waals surface area contributed by atoms with Crippen LogP contribution in [0.15, 0.2) is 18.2 Å². The first-order valence-corrected chi connectivity index (χ1v) is 7.81. The van der Waals surface area contributed by atoms with Crippen molar-refractivity contribution in [3.05, 3.63) is 35.1 Å². The van der Waals surface area contributed by atoms with E-state index in [9.17, 15) is 4.39 Å². The highest BCUT2D eigenvalue weighted by molar-refractivity contribution is 5.29. The molecule has 1 saturated heterocycles. The van der Waals surface area contributed by atoms with E-state index in [0.29, 0.717) is 6.10 Å². The van der Waals surface area contributed by atoms with E-state index in [2.05, 4.69) is 19.2 Å². The van der Waals surface area contributed by atoms with Gasteiger partial charge in [0.1, 0.15) is 5.82 Å². The molecule has 20 heavy (non-hydrogen) atoms. The maximum Gasteiger partial charge on any atom is 0.123 e. The number of ether oxygens (including phenoxy) is 1. The molecule has 0 spiro atoms. The van der Waals surface area contributed by atoms with E-state index in [-0.39, 0.29) is 11.9 Å². The highest BCUT2D eigenvalue weighted by Gasteiger charge is 2.18. The molecule has 0 radical (unpaired) electrons. The molecule has 0 bridgehead atoms. The zero-order valence-corrected chi connectivity index (χ0v) is 12.6. The number of hydrogen-bond donors (Lipinski definition) is 1. The van der Waals surface area contributed by atoms with E-state index >= 15 is 0 Å². The van der Waals surface area contributed by atoms with Crippen molar-refractivity contribution in [1.29, 1.82) is 0 Å². The lowest BCUT2D eigenvalue weighted by molar-refractivity contribution is 0.00855. The minimum Gasteiger partial charge on any atom is -0.378 e. The van der Waals surface area contributed by atoms with Gasteiger partial charge in [-0.3, -0.25) is 0 Å². The molecule has 1 heterocycles. The number of benzene rings is 1. The zero-order chi connectivity index (χ0) is 14.4. The van der Waals surface area contributed by atoms with Gasteiger partial charge in [-0.05, 0) is 68.8 Å². The fourth-order valence-corrected chi connectivity index (χ4v) is 2.99. The molecule has 1 fully saturated rings. The van der Waals surface area contributed by atoms with Gasteiger partial charge in [-0.15, -0.1) is 0 Å². The molecule has 2 atom stereocenters. The molecule has 0 aliphatic carbocycles. The molecule has 1 aliphatic rings.